The number of carbonyl (C=O) groups is 4. The van der Waals surface area contributed by atoms with Gasteiger partial charge in [-0.3, -0.25) is 19.2 Å². The standard InChI is InChI=1S/C9H9NO2.C8H11NO.C6H14N2O2.C2H5NO2/c1-7(12)10-9-4-2-8(6-11)3-5-9;1-10-8-5-3-2-4-7(8)6-9;7-4-2-1-3-5(8)6(9)10;3-1-2(4)5/h2-6H,1H3,(H,10,12);2-5H,6,9H2,1H3;5H,1-4,7-8H2,(H,9,10);1,3H2,(H,4,5)/t;;5-;/m..1./s1. The molecule has 0 aromatic heterocycles. The molecule has 0 bridgehead atoms. The van der Waals surface area contributed by atoms with Crippen LogP contribution in [0.4, 0.5) is 5.69 Å². The van der Waals surface area contributed by atoms with E-state index in [0.29, 0.717) is 30.8 Å². The number of unbranched alkanes of at least 4 members (excludes halogenated alkanes) is 1. The molecule has 0 unspecified atom stereocenters. The molecule has 0 radical (unpaired) electrons. The highest BCUT2D eigenvalue weighted by atomic mass is 16.5. The highest BCUT2D eigenvalue weighted by Crippen LogP contribution is 2.15. The van der Waals surface area contributed by atoms with E-state index in [2.05, 4.69) is 11.1 Å². The Balaban J connectivity index is 0. The molecule has 0 saturated heterocycles. The second-order valence-corrected chi connectivity index (χ2v) is 7.26. The van der Waals surface area contributed by atoms with E-state index >= 15 is 0 Å². The third-order valence-corrected chi connectivity index (χ3v) is 4.24. The van der Waals surface area contributed by atoms with E-state index in [-0.39, 0.29) is 12.5 Å². The lowest BCUT2D eigenvalue weighted by Gasteiger charge is -2.03. The molecule has 1 atom stereocenters. The third kappa shape index (κ3) is 20.1. The Morgan fingerprint density at radius 2 is 1.57 bits per heavy atom. The van der Waals surface area contributed by atoms with Crippen molar-refractivity contribution in [3.63, 3.8) is 0 Å². The van der Waals surface area contributed by atoms with Gasteiger partial charge >= 0.3 is 11.9 Å². The molecule has 37 heavy (non-hydrogen) atoms. The van der Waals surface area contributed by atoms with Crippen LogP contribution in [0.15, 0.2) is 48.5 Å². The summed E-state index contributed by atoms with van der Waals surface area (Å²) in [5.74, 6) is -1.15. The van der Waals surface area contributed by atoms with Gasteiger partial charge in [-0.2, -0.15) is 0 Å². The van der Waals surface area contributed by atoms with Crippen molar-refractivity contribution >= 4 is 29.8 Å². The first-order chi connectivity index (χ1) is 17.6. The van der Waals surface area contributed by atoms with Crippen molar-refractivity contribution in [1.29, 1.82) is 0 Å². The largest absolute Gasteiger partial charge is 0.496 e. The Bertz CT molecular complexity index is 901. The van der Waals surface area contributed by atoms with Crippen molar-refractivity contribution in [2.75, 3.05) is 25.5 Å². The van der Waals surface area contributed by atoms with E-state index in [1.165, 1.54) is 6.92 Å². The maximum atomic E-state index is 10.6. The second kappa shape index (κ2) is 22.6. The van der Waals surface area contributed by atoms with Crippen LogP contribution in [0.1, 0.15) is 42.1 Å². The summed E-state index contributed by atoms with van der Waals surface area (Å²) in [5.41, 5.74) is 22.8. The molecule has 0 saturated carbocycles. The summed E-state index contributed by atoms with van der Waals surface area (Å²) in [7, 11) is 1.65. The van der Waals surface area contributed by atoms with Crippen molar-refractivity contribution in [1.82, 2.24) is 0 Å². The molecule has 0 aliphatic heterocycles. The zero-order valence-electron chi connectivity index (χ0n) is 21.3. The number of para-hydroxylation sites is 1. The van der Waals surface area contributed by atoms with Crippen LogP contribution in [0.3, 0.4) is 0 Å². The number of ether oxygens (including phenoxy) is 1. The maximum absolute atomic E-state index is 10.6. The van der Waals surface area contributed by atoms with E-state index in [0.717, 1.165) is 30.4 Å². The fraction of sp³-hybridized carbons (Fsp3) is 0.360. The number of carboxylic acid groups (broad SMARTS) is 2. The Kier molecular flexibility index (Phi) is 21.6. The summed E-state index contributed by atoms with van der Waals surface area (Å²) in [4.78, 5) is 40.2. The molecule has 2 aromatic carbocycles. The van der Waals surface area contributed by atoms with E-state index in [1.807, 2.05) is 24.3 Å². The molecule has 0 heterocycles. The molecular formula is C25H39N5O7. The van der Waals surface area contributed by atoms with Crippen LogP contribution < -0.4 is 33.0 Å². The molecule has 0 fully saturated rings. The minimum absolute atomic E-state index is 0.117. The topological polar surface area (TPSA) is 234 Å². The SMILES string of the molecule is CC(=O)Nc1ccc(C=O)cc1.COc1ccccc1CN.NCC(=O)O.NCCCC[C@@H](N)C(=O)O. The fourth-order valence-corrected chi connectivity index (χ4v) is 2.35. The normalized spacial score (nSPS) is 10.0. The number of amides is 1. The quantitative estimate of drug-likeness (QED) is 0.173. The van der Waals surface area contributed by atoms with Crippen molar-refractivity contribution in [2.24, 2.45) is 22.9 Å². The Morgan fingerprint density at radius 1 is 1.00 bits per heavy atom. The molecule has 2 rings (SSSR count). The molecule has 206 valence electrons. The monoisotopic (exact) mass is 521 g/mol. The predicted octanol–water partition coefficient (Wildman–Crippen LogP) is 1.17. The Labute approximate surface area is 217 Å². The van der Waals surface area contributed by atoms with E-state index < -0.39 is 18.0 Å². The van der Waals surface area contributed by atoms with Crippen LogP contribution in [0.2, 0.25) is 0 Å². The van der Waals surface area contributed by atoms with Gasteiger partial charge in [0.05, 0.1) is 13.7 Å². The van der Waals surface area contributed by atoms with Crippen molar-refractivity contribution in [3.05, 3.63) is 59.7 Å². The van der Waals surface area contributed by atoms with E-state index in [4.69, 9.17) is 32.2 Å². The maximum Gasteiger partial charge on any atom is 0.320 e. The van der Waals surface area contributed by atoms with Gasteiger partial charge in [0.15, 0.2) is 0 Å². The van der Waals surface area contributed by atoms with Gasteiger partial charge in [-0.25, -0.2) is 0 Å². The van der Waals surface area contributed by atoms with Crippen molar-refractivity contribution in [3.8, 4) is 5.75 Å². The number of carboxylic acids is 2. The summed E-state index contributed by atoms with van der Waals surface area (Å²) in [6.45, 7) is 2.30. The van der Waals surface area contributed by atoms with Gasteiger partial charge in [0.25, 0.3) is 0 Å². The molecule has 0 aliphatic carbocycles. The number of aliphatic carboxylic acids is 2. The first kappa shape index (κ1) is 35.3. The lowest BCUT2D eigenvalue weighted by Crippen LogP contribution is -2.29. The fourth-order valence-electron chi connectivity index (χ4n) is 2.35. The summed E-state index contributed by atoms with van der Waals surface area (Å²) >= 11 is 0. The van der Waals surface area contributed by atoms with Gasteiger partial charge < -0.3 is 43.2 Å². The number of nitrogens with two attached hydrogens (primary N) is 4. The molecule has 1 amide bonds. The summed E-state index contributed by atoms with van der Waals surface area (Å²) in [5, 5.41) is 18.5. The molecule has 0 spiro atoms. The zero-order valence-corrected chi connectivity index (χ0v) is 21.3. The minimum Gasteiger partial charge on any atom is -0.496 e. The van der Waals surface area contributed by atoms with Crippen LogP contribution in [0.25, 0.3) is 0 Å². The number of benzene rings is 2. The number of nitrogens with one attached hydrogen (secondary N) is 1. The number of anilines is 1. The predicted molar refractivity (Wildman–Crippen MR) is 142 cm³/mol. The number of carbonyl (C=O) groups excluding carboxylic acids is 2. The van der Waals surface area contributed by atoms with Crippen LogP contribution in [0.5, 0.6) is 5.75 Å². The lowest BCUT2D eigenvalue weighted by molar-refractivity contribution is -0.139. The first-order valence-corrected chi connectivity index (χ1v) is 11.3. The van der Waals surface area contributed by atoms with Crippen LogP contribution in [0, 0.1) is 0 Å². The van der Waals surface area contributed by atoms with Gasteiger partial charge in [-0.05, 0) is 49.7 Å². The Morgan fingerprint density at radius 3 is 1.95 bits per heavy atom. The highest BCUT2D eigenvalue weighted by Gasteiger charge is 2.09. The number of hydrogen-bond acceptors (Lipinski definition) is 9. The average molecular weight is 522 g/mol. The first-order valence-electron chi connectivity index (χ1n) is 11.3. The van der Waals surface area contributed by atoms with Crippen LogP contribution >= 0.6 is 0 Å². The number of aldehydes is 1. The van der Waals surface area contributed by atoms with Gasteiger partial charge in [-0.1, -0.05) is 24.6 Å². The highest BCUT2D eigenvalue weighted by molar-refractivity contribution is 5.89. The molecule has 2 aromatic rings. The molecule has 0 aliphatic rings. The zero-order chi connectivity index (χ0) is 28.6. The van der Waals surface area contributed by atoms with Crippen molar-refractivity contribution < 1.29 is 34.1 Å². The molecule has 11 N–H and O–H groups in total. The van der Waals surface area contributed by atoms with E-state index in [1.54, 1.807) is 31.4 Å². The molecule has 12 nitrogen and oxygen atoms in total. The van der Waals surface area contributed by atoms with Gasteiger partial charge in [0.1, 0.15) is 18.1 Å². The van der Waals surface area contributed by atoms with Crippen LogP contribution in [-0.4, -0.2) is 60.6 Å². The van der Waals surface area contributed by atoms with Crippen LogP contribution in [-0.2, 0) is 20.9 Å². The summed E-state index contributed by atoms with van der Waals surface area (Å²) < 4.78 is 5.06. The van der Waals surface area contributed by atoms with Gasteiger partial charge in [0, 0.05) is 30.3 Å². The number of hydrogen-bond donors (Lipinski definition) is 7. The number of rotatable bonds is 10. The summed E-state index contributed by atoms with van der Waals surface area (Å²) in [6.07, 6.45) is 2.93. The molecular weight excluding hydrogens is 482 g/mol. The second-order valence-electron chi connectivity index (χ2n) is 7.26. The van der Waals surface area contributed by atoms with Gasteiger partial charge in [-0.15, -0.1) is 0 Å². The smallest absolute Gasteiger partial charge is 0.320 e. The molecule has 12 heteroatoms. The minimum atomic E-state index is -0.968. The number of methoxy groups -OCH3 is 1. The average Bonchev–Trinajstić information content (AvgIpc) is 2.89. The van der Waals surface area contributed by atoms with Crippen molar-refractivity contribution in [2.45, 2.75) is 38.8 Å². The van der Waals surface area contributed by atoms with Gasteiger partial charge in [0.2, 0.25) is 5.91 Å². The van der Waals surface area contributed by atoms with E-state index in [9.17, 15) is 19.2 Å². The lowest BCUT2D eigenvalue weighted by atomic mass is 10.1. The Hall–Kier alpha value is -3.84. The third-order valence-electron chi connectivity index (χ3n) is 4.24. The summed E-state index contributed by atoms with van der Waals surface area (Å²) in [6, 6.07) is 13.7.